The molecule has 17 heavy (non-hydrogen) atoms. The quantitative estimate of drug-likeness (QED) is 0.729. The van der Waals surface area contributed by atoms with Crippen LogP contribution in [-0.4, -0.2) is 26.3 Å². The van der Waals surface area contributed by atoms with Gasteiger partial charge in [-0.3, -0.25) is 4.79 Å². The van der Waals surface area contributed by atoms with Gasteiger partial charge in [0, 0.05) is 12.0 Å². The van der Waals surface area contributed by atoms with Gasteiger partial charge in [-0.05, 0) is 6.92 Å². The van der Waals surface area contributed by atoms with Crippen LogP contribution in [0.2, 0.25) is 0 Å². The van der Waals surface area contributed by atoms with E-state index >= 15 is 0 Å². The molecule has 90 valence electrons. The molecule has 5 heteroatoms. The van der Waals surface area contributed by atoms with Crippen molar-refractivity contribution in [1.29, 1.82) is 0 Å². The summed E-state index contributed by atoms with van der Waals surface area (Å²) in [5.74, 6) is 2.05. The zero-order valence-corrected chi connectivity index (χ0v) is 9.61. The van der Waals surface area contributed by atoms with Crippen LogP contribution in [0.3, 0.4) is 0 Å². The van der Waals surface area contributed by atoms with E-state index < -0.39 is 0 Å². The van der Waals surface area contributed by atoms with Crippen molar-refractivity contribution in [2.45, 2.75) is 19.4 Å². The van der Waals surface area contributed by atoms with Crippen LogP contribution in [-0.2, 0) is 6.42 Å². The number of rotatable bonds is 2. The second kappa shape index (κ2) is 3.55. The van der Waals surface area contributed by atoms with Gasteiger partial charge in [0.2, 0.25) is 18.3 Å². The average molecular weight is 236 g/mol. The Kier molecular flexibility index (Phi) is 2.14. The number of carbonyl (C=O) groups is 1. The van der Waals surface area contributed by atoms with Gasteiger partial charge in [0.15, 0.2) is 17.8 Å². The van der Waals surface area contributed by atoms with E-state index in [2.05, 4.69) is 0 Å². The molecular weight excluding hydrogens is 224 g/mol. The SMILES string of the molecule is COc1c2c(c(C=O)c3c1OCO3)CC(C)O2. The first kappa shape index (κ1) is 10.3. The summed E-state index contributed by atoms with van der Waals surface area (Å²) in [5.41, 5.74) is 1.35. The van der Waals surface area contributed by atoms with Crippen LogP contribution < -0.4 is 18.9 Å². The molecule has 1 unspecified atom stereocenters. The van der Waals surface area contributed by atoms with E-state index in [1.165, 1.54) is 0 Å². The first-order valence-corrected chi connectivity index (χ1v) is 5.40. The van der Waals surface area contributed by atoms with Gasteiger partial charge >= 0.3 is 0 Å². The predicted molar refractivity (Wildman–Crippen MR) is 58.3 cm³/mol. The van der Waals surface area contributed by atoms with E-state index in [-0.39, 0.29) is 12.9 Å². The summed E-state index contributed by atoms with van der Waals surface area (Å²) in [7, 11) is 1.55. The van der Waals surface area contributed by atoms with Crippen LogP contribution in [0.15, 0.2) is 0 Å². The lowest BCUT2D eigenvalue weighted by Crippen LogP contribution is -2.06. The molecule has 0 aromatic heterocycles. The van der Waals surface area contributed by atoms with Gasteiger partial charge in [0.05, 0.1) is 12.7 Å². The fourth-order valence-corrected chi connectivity index (χ4v) is 2.31. The fourth-order valence-electron chi connectivity index (χ4n) is 2.31. The molecule has 1 aromatic rings. The highest BCUT2D eigenvalue weighted by atomic mass is 16.7. The molecule has 0 spiro atoms. The van der Waals surface area contributed by atoms with Crippen molar-refractivity contribution in [1.82, 2.24) is 0 Å². The molecule has 3 rings (SSSR count). The molecule has 2 aliphatic rings. The fraction of sp³-hybridized carbons (Fsp3) is 0.417. The molecule has 0 saturated carbocycles. The Bertz CT molecular complexity index is 494. The molecular formula is C12H12O5. The molecule has 5 nitrogen and oxygen atoms in total. The molecule has 0 amide bonds. The van der Waals surface area contributed by atoms with E-state index in [4.69, 9.17) is 18.9 Å². The molecule has 1 atom stereocenters. The largest absolute Gasteiger partial charge is 0.490 e. The van der Waals surface area contributed by atoms with E-state index in [9.17, 15) is 4.79 Å². The zero-order chi connectivity index (χ0) is 12.0. The van der Waals surface area contributed by atoms with E-state index in [1.54, 1.807) is 7.11 Å². The summed E-state index contributed by atoms with van der Waals surface area (Å²) in [6.07, 6.45) is 1.49. The number of hydrogen-bond acceptors (Lipinski definition) is 5. The number of methoxy groups -OCH3 is 1. The Morgan fingerprint density at radius 2 is 2.06 bits per heavy atom. The third-order valence-corrected chi connectivity index (χ3v) is 3.00. The van der Waals surface area contributed by atoms with Gasteiger partial charge in [-0.2, -0.15) is 0 Å². The highest BCUT2D eigenvalue weighted by Crippen LogP contribution is 2.53. The van der Waals surface area contributed by atoms with Gasteiger partial charge in [0.25, 0.3) is 0 Å². The maximum Gasteiger partial charge on any atom is 0.231 e. The van der Waals surface area contributed by atoms with Crippen molar-refractivity contribution in [3.05, 3.63) is 11.1 Å². The van der Waals surface area contributed by atoms with Gasteiger partial charge in [0.1, 0.15) is 6.10 Å². The van der Waals surface area contributed by atoms with Crippen LogP contribution in [0, 0.1) is 0 Å². The average Bonchev–Trinajstić information content (AvgIpc) is 2.91. The van der Waals surface area contributed by atoms with Crippen LogP contribution >= 0.6 is 0 Å². The Morgan fingerprint density at radius 1 is 1.29 bits per heavy atom. The minimum Gasteiger partial charge on any atom is -0.490 e. The molecule has 0 fully saturated rings. The first-order chi connectivity index (χ1) is 8.26. The molecule has 0 saturated heterocycles. The van der Waals surface area contributed by atoms with Crippen LogP contribution in [0.1, 0.15) is 22.8 Å². The summed E-state index contributed by atoms with van der Waals surface area (Å²) in [5, 5.41) is 0. The standard InChI is InChI=1S/C12H12O5/c1-6-3-7-8(4-13)9-12(16-5-15-9)11(14-2)10(7)17-6/h4,6H,3,5H2,1-2H3. The van der Waals surface area contributed by atoms with Crippen molar-refractivity contribution >= 4 is 6.29 Å². The second-order valence-corrected chi connectivity index (χ2v) is 4.07. The number of hydrogen-bond donors (Lipinski definition) is 0. The van der Waals surface area contributed by atoms with Gasteiger partial charge in [-0.25, -0.2) is 0 Å². The monoisotopic (exact) mass is 236 g/mol. The van der Waals surface area contributed by atoms with Crippen molar-refractivity contribution in [2.24, 2.45) is 0 Å². The van der Waals surface area contributed by atoms with Crippen molar-refractivity contribution < 1.29 is 23.7 Å². The van der Waals surface area contributed by atoms with Crippen LogP contribution in [0.25, 0.3) is 0 Å². The van der Waals surface area contributed by atoms with Crippen LogP contribution in [0.4, 0.5) is 0 Å². The predicted octanol–water partition coefficient (Wildman–Crippen LogP) is 1.56. The van der Waals surface area contributed by atoms with Crippen molar-refractivity contribution in [2.75, 3.05) is 13.9 Å². The lowest BCUT2D eigenvalue weighted by atomic mass is 10.0. The normalized spacial score (nSPS) is 19.8. The topological polar surface area (TPSA) is 54.0 Å². The van der Waals surface area contributed by atoms with E-state index in [1.807, 2.05) is 6.92 Å². The Hall–Kier alpha value is -1.91. The molecule has 0 aliphatic carbocycles. The van der Waals surface area contributed by atoms with Gasteiger partial charge < -0.3 is 18.9 Å². The van der Waals surface area contributed by atoms with Gasteiger partial charge in [-0.15, -0.1) is 0 Å². The number of benzene rings is 1. The Balaban J connectivity index is 2.30. The lowest BCUT2D eigenvalue weighted by molar-refractivity contribution is 0.111. The smallest absolute Gasteiger partial charge is 0.231 e. The minimum atomic E-state index is 0.0279. The van der Waals surface area contributed by atoms with Crippen LogP contribution in [0.5, 0.6) is 23.0 Å². The second-order valence-electron chi connectivity index (χ2n) is 4.07. The molecule has 1 aromatic carbocycles. The number of aldehydes is 1. The number of ether oxygens (including phenoxy) is 4. The van der Waals surface area contributed by atoms with Gasteiger partial charge in [-0.1, -0.05) is 0 Å². The first-order valence-electron chi connectivity index (χ1n) is 5.40. The highest BCUT2D eigenvalue weighted by molar-refractivity contribution is 5.88. The Morgan fingerprint density at radius 3 is 2.76 bits per heavy atom. The van der Waals surface area contributed by atoms with E-state index in [0.717, 1.165) is 11.8 Å². The summed E-state index contributed by atoms with van der Waals surface area (Å²) >= 11 is 0. The summed E-state index contributed by atoms with van der Waals surface area (Å²) in [6, 6.07) is 0. The molecule has 0 radical (unpaired) electrons. The zero-order valence-electron chi connectivity index (χ0n) is 9.61. The molecule has 2 heterocycles. The third-order valence-electron chi connectivity index (χ3n) is 3.00. The summed E-state index contributed by atoms with van der Waals surface area (Å²) < 4.78 is 21.7. The summed E-state index contributed by atoms with van der Waals surface area (Å²) in [6.45, 7) is 2.05. The van der Waals surface area contributed by atoms with E-state index in [0.29, 0.717) is 35.0 Å². The lowest BCUT2D eigenvalue weighted by Gasteiger charge is -2.12. The molecule has 0 N–H and O–H groups in total. The molecule has 0 bridgehead atoms. The third kappa shape index (κ3) is 1.28. The minimum absolute atomic E-state index is 0.0279. The highest BCUT2D eigenvalue weighted by Gasteiger charge is 2.35. The number of carbonyl (C=O) groups excluding carboxylic acids is 1. The maximum absolute atomic E-state index is 11.2. The molecule has 2 aliphatic heterocycles. The Labute approximate surface area is 98.2 Å². The van der Waals surface area contributed by atoms with Crippen molar-refractivity contribution in [3.8, 4) is 23.0 Å². The summed E-state index contributed by atoms with van der Waals surface area (Å²) in [4.78, 5) is 11.2. The van der Waals surface area contributed by atoms with Crippen molar-refractivity contribution in [3.63, 3.8) is 0 Å². The number of fused-ring (bicyclic) bond motifs is 2. The maximum atomic E-state index is 11.2.